The van der Waals surface area contributed by atoms with Crippen LogP contribution < -0.4 is 0 Å². The molecule has 0 bridgehead atoms. The van der Waals surface area contributed by atoms with Crippen molar-refractivity contribution >= 4 is 35.2 Å². The summed E-state index contributed by atoms with van der Waals surface area (Å²) in [5, 5.41) is 9.13. The second-order valence-corrected chi connectivity index (χ2v) is 5.26. The van der Waals surface area contributed by atoms with Crippen molar-refractivity contribution in [2.24, 2.45) is 0 Å². The van der Waals surface area contributed by atoms with E-state index in [0.717, 1.165) is 11.3 Å². The number of carbonyl (C=O) groups excluding carboxylic acids is 2. The molecule has 118 valence electrons. The average molecular weight is 332 g/mol. The summed E-state index contributed by atoms with van der Waals surface area (Å²) in [5.74, 6) is -3.28. The number of hydrogen-bond donors (Lipinski definition) is 1. The lowest BCUT2D eigenvalue weighted by Gasteiger charge is -2.08. The molecule has 1 aromatic carbocycles. The number of carboxylic acids is 1. The Balaban J connectivity index is 2.08. The number of Topliss-reactive ketones (excluding diaryl/α,β-unsaturated/α-hetero) is 1. The van der Waals surface area contributed by atoms with Gasteiger partial charge < -0.3 is 9.67 Å². The molecule has 1 heterocycles. The van der Waals surface area contributed by atoms with E-state index in [-0.39, 0.29) is 0 Å². The number of carbonyl (C=O) groups is 3. The van der Waals surface area contributed by atoms with Crippen LogP contribution >= 0.6 is 11.6 Å². The zero-order valence-corrected chi connectivity index (χ0v) is 12.9. The minimum Gasteiger partial charge on any atom is -0.475 e. The summed E-state index contributed by atoms with van der Waals surface area (Å²) >= 11 is 6.13. The van der Waals surface area contributed by atoms with Gasteiger partial charge in [0, 0.05) is 23.5 Å². The number of aliphatic carboxylic acids is 1. The second kappa shape index (κ2) is 7.56. The molecule has 23 heavy (non-hydrogen) atoms. The Hall–Kier alpha value is -2.66. The maximum atomic E-state index is 11.6. The molecule has 0 amide bonds. The van der Waals surface area contributed by atoms with Gasteiger partial charge in [-0.05, 0) is 35.9 Å². The lowest BCUT2D eigenvalue weighted by atomic mass is 10.2. The van der Waals surface area contributed by atoms with Gasteiger partial charge in [-0.2, -0.15) is 0 Å². The number of rotatable bonds is 7. The predicted octanol–water partition coefficient (Wildman–Crippen LogP) is 2.82. The molecular weight excluding hydrogens is 318 g/mol. The fourth-order valence-electron chi connectivity index (χ4n) is 2.00. The van der Waals surface area contributed by atoms with Gasteiger partial charge in [-0.25, -0.2) is 4.79 Å². The summed E-state index contributed by atoms with van der Waals surface area (Å²) in [6, 6.07) is 11.1. The first-order valence-corrected chi connectivity index (χ1v) is 7.20. The standard InChI is InChI=1S/C17H14ClNO4/c18-15-6-2-1-4-12(15)11-19-9-3-5-13(19)7-8-14(20)10-16(21)17(22)23/h1-9H,10-11H2,(H,22,23)/b8-7+. The third-order valence-corrected chi connectivity index (χ3v) is 3.55. The van der Waals surface area contributed by atoms with E-state index in [0.29, 0.717) is 11.6 Å². The summed E-state index contributed by atoms with van der Waals surface area (Å²) in [6.45, 7) is 0.536. The van der Waals surface area contributed by atoms with Crippen molar-refractivity contribution in [2.75, 3.05) is 0 Å². The van der Waals surface area contributed by atoms with Gasteiger partial charge in [0.15, 0.2) is 5.78 Å². The molecule has 0 aliphatic carbocycles. The van der Waals surface area contributed by atoms with Crippen LogP contribution in [-0.2, 0) is 20.9 Å². The number of allylic oxidation sites excluding steroid dienone is 1. The number of nitrogens with zero attached hydrogens (tertiary/aromatic N) is 1. The van der Waals surface area contributed by atoms with Crippen molar-refractivity contribution in [1.82, 2.24) is 4.57 Å². The summed E-state index contributed by atoms with van der Waals surface area (Å²) in [5.41, 5.74) is 1.69. The zero-order chi connectivity index (χ0) is 16.8. The highest BCUT2D eigenvalue weighted by molar-refractivity contribution is 6.37. The summed E-state index contributed by atoms with van der Waals surface area (Å²) in [4.78, 5) is 33.0. The van der Waals surface area contributed by atoms with Crippen molar-refractivity contribution in [2.45, 2.75) is 13.0 Å². The van der Waals surface area contributed by atoms with E-state index in [1.54, 1.807) is 18.2 Å². The van der Waals surface area contributed by atoms with Crippen molar-refractivity contribution in [3.8, 4) is 0 Å². The molecule has 1 N–H and O–H groups in total. The number of halogens is 1. The van der Waals surface area contributed by atoms with Crippen LogP contribution in [0.4, 0.5) is 0 Å². The monoisotopic (exact) mass is 331 g/mol. The topological polar surface area (TPSA) is 76.4 Å². The molecule has 0 saturated carbocycles. The van der Waals surface area contributed by atoms with Crippen LogP contribution in [0.2, 0.25) is 5.02 Å². The minimum absolute atomic E-state index is 0.536. The van der Waals surface area contributed by atoms with Gasteiger partial charge in [-0.3, -0.25) is 9.59 Å². The third-order valence-electron chi connectivity index (χ3n) is 3.18. The summed E-state index contributed by atoms with van der Waals surface area (Å²) < 4.78 is 1.89. The molecule has 0 radical (unpaired) electrons. The van der Waals surface area contributed by atoms with Gasteiger partial charge in [0.2, 0.25) is 5.78 Å². The Bertz CT molecular complexity index is 776. The fraction of sp³-hybridized carbons (Fsp3) is 0.118. The van der Waals surface area contributed by atoms with Gasteiger partial charge in [0.1, 0.15) is 0 Å². The first-order chi connectivity index (χ1) is 11.0. The average Bonchev–Trinajstić information content (AvgIpc) is 2.94. The molecule has 0 atom stereocenters. The van der Waals surface area contributed by atoms with Crippen molar-refractivity contribution in [3.05, 3.63) is 65.0 Å². The SMILES string of the molecule is O=C(/C=C/c1cccn1Cc1ccccc1Cl)CC(=O)C(=O)O. The second-order valence-electron chi connectivity index (χ2n) is 4.86. The number of ketones is 2. The van der Waals surface area contributed by atoms with Crippen LogP contribution in [0.5, 0.6) is 0 Å². The lowest BCUT2D eigenvalue weighted by Crippen LogP contribution is -2.15. The van der Waals surface area contributed by atoms with Crippen LogP contribution in [0.1, 0.15) is 17.7 Å². The van der Waals surface area contributed by atoms with Gasteiger partial charge >= 0.3 is 5.97 Å². The number of hydrogen-bond acceptors (Lipinski definition) is 3. The van der Waals surface area contributed by atoms with E-state index in [1.807, 2.05) is 35.0 Å². The van der Waals surface area contributed by atoms with E-state index in [4.69, 9.17) is 16.7 Å². The predicted molar refractivity (Wildman–Crippen MR) is 86.3 cm³/mol. The van der Waals surface area contributed by atoms with Crippen LogP contribution in [-0.4, -0.2) is 27.2 Å². The highest BCUT2D eigenvalue weighted by Crippen LogP contribution is 2.17. The fourth-order valence-corrected chi connectivity index (χ4v) is 2.20. The molecular formula is C17H14ClNO4. The molecule has 0 aliphatic heterocycles. The Morgan fingerprint density at radius 1 is 1.13 bits per heavy atom. The zero-order valence-electron chi connectivity index (χ0n) is 12.1. The highest BCUT2D eigenvalue weighted by Gasteiger charge is 2.14. The minimum atomic E-state index is -1.60. The smallest absolute Gasteiger partial charge is 0.372 e. The van der Waals surface area contributed by atoms with Gasteiger partial charge in [-0.15, -0.1) is 0 Å². The number of carboxylic acid groups (broad SMARTS) is 1. The van der Waals surface area contributed by atoms with E-state index in [9.17, 15) is 14.4 Å². The van der Waals surface area contributed by atoms with Crippen LogP contribution in [0.15, 0.2) is 48.7 Å². The lowest BCUT2D eigenvalue weighted by molar-refractivity contribution is -0.149. The molecule has 0 spiro atoms. The molecule has 0 fully saturated rings. The molecule has 5 nitrogen and oxygen atoms in total. The Morgan fingerprint density at radius 3 is 2.57 bits per heavy atom. The molecule has 1 aromatic heterocycles. The molecule has 0 unspecified atom stereocenters. The maximum absolute atomic E-state index is 11.6. The summed E-state index contributed by atoms with van der Waals surface area (Å²) in [6.07, 6.45) is 3.96. The van der Waals surface area contributed by atoms with E-state index in [2.05, 4.69) is 0 Å². The van der Waals surface area contributed by atoms with Crippen molar-refractivity contribution in [3.63, 3.8) is 0 Å². The first kappa shape index (κ1) is 16.7. The largest absolute Gasteiger partial charge is 0.475 e. The number of aromatic nitrogens is 1. The van der Waals surface area contributed by atoms with Crippen LogP contribution in [0, 0.1) is 0 Å². The number of benzene rings is 1. The first-order valence-electron chi connectivity index (χ1n) is 6.83. The summed E-state index contributed by atoms with van der Waals surface area (Å²) in [7, 11) is 0. The maximum Gasteiger partial charge on any atom is 0.372 e. The Morgan fingerprint density at radius 2 is 1.87 bits per heavy atom. The highest BCUT2D eigenvalue weighted by atomic mass is 35.5. The molecule has 0 aliphatic rings. The normalized spacial score (nSPS) is 10.8. The quantitative estimate of drug-likeness (QED) is 0.481. The van der Waals surface area contributed by atoms with Crippen molar-refractivity contribution < 1.29 is 19.5 Å². The third kappa shape index (κ3) is 4.66. The molecule has 0 saturated heterocycles. The van der Waals surface area contributed by atoms with Gasteiger partial charge in [0.05, 0.1) is 6.42 Å². The van der Waals surface area contributed by atoms with Crippen molar-refractivity contribution in [1.29, 1.82) is 0 Å². The molecule has 2 aromatic rings. The molecule has 2 rings (SSSR count). The van der Waals surface area contributed by atoms with E-state index >= 15 is 0 Å². The Labute approximate surface area is 137 Å². The van der Waals surface area contributed by atoms with Gasteiger partial charge in [-0.1, -0.05) is 29.8 Å². The van der Waals surface area contributed by atoms with Crippen LogP contribution in [0.25, 0.3) is 6.08 Å². The van der Waals surface area contributed by atoms with Crippen LogP contribution in [0.3, 0.4) is 0 Å². The van der Waals surface area contributed by atoms with Gasteiger partial charge in [0.25, 0.3) is 0 Å². The van der Waals surface area contributed by atoms with E-state index in [1.165, 1.54) is 6.08 Å². The Kier molecular flexibility index (Phi) is 5.49. The molecule has 6 heteroatoms. The van der Waals surface area contributed by atoms with E-state index < -0.39 is 24.0 Å².